The van der Waals surface area contributed by atoms with Crippen molar-refractivity contribution >= 4 is 11.9 Å². The minimum Gasteiger partial charge on any atom is -0.480 e. The first-order valence-corrected chi connectivity index (χ1v) is 3.53. The average Bonchev–Trinajstić information content (AvgIpc) is 2.00. The number of nitrogens with two attached hydrogens (primary N) is 2. The van der Waals surface area contributed by atoms with Crippen LogP contribution in [-0.4, -0.2) is 36.1 Å². The molecule has 0 radical (unpaired) electrons. The molecule has 1 atom stereocenters. The van der Waals surface area contributed by atoms with Crippen molar-refractivity contribution in [1.82, 2.24) is 5.32 Å². The second-order valence-electron chi connectivity index (χ2n) is 2.29. The van der Waals surface area contributed by atoms with E-state index in [1.54, 1.807) is 0 Å². The largest absolute Gasteiger partial charge is 0.480 e. The summed E-state index contributed by atoms with van der Waals surface area (Å²) in [5.41, 5.74) is 10.2. The highest BCUT2D eigenvalue weighted by Gasteiger charge is 2.11. The zero-order chi connectivity index (χ0) is 9.56. The third kappa shape index (κ3) is 4.64. The van der Waals surface area contributed by atoms with E-state index in [4.69, 9.17) is 16.6 Å². The molecule has 6 heteroatoms. The lowest BCUT2D eigenvalue weighted by Gasteiger charge is -2.07. The molecule has 1 unspecified atom stereocenters. The Morgan fingerprint density at radius 3 is 2.50 bits per heavy atom. The molecular formula is C6H13N3O3. The van der Waals surface area contributed by atoms with E-state index in [1.165, 1.54) is 0 Å². The molecule has 0 aromatic rings. The van der Waals surface area contributed by atoms with Crippen LogP contribution in [0.15, 0.2) is 0 Å². The van der Waals surface area contributed by atoms with E-state index >= 15 is 0 Å². The molecule has 1 amide bonds. The zero-order valence-corrected chi connectivity index (χ0v) is 6.62. The Labute approximate surface area is 69.9 Å². The standard InChI is InChI=1S/C6H13N3O3/c7-2-1-5(10)9-3-4(8)6(11)12/h4H,1-3,7-8H2,(H,9,10)(H,11,12). The molecule has 12 heavy (non-hydrogen) atoms. The number of carbonyl (C=O) groups is 2. The molecule has 0 aliphatic carbocycles. The summed E-state index contributed by atoms with van der Waals surface area (Å²) in [6.45, 7) is 0.183. The summed E-state index contributed by atoms with van der Waals surface area (Å²) in [4.78, 5) is 20.9. The molecule has 0 saturated heterocycles. The topological polar surface area (TPSA) is 118 Å². The van der Waals surface area contributed by atoms with Gasteiger partial charge in [-0.2, -0.15) is 0 Å². The minimum atomic E-state index is -1.14. The van der Waals surface area contributed by atoms with Crippen LogP contribution in [0.4, 0.5) is 0 Å². The summed E-state index contributed by atoms with van der Waals surface area (Å²) in [5.74, 6) is -1.42. The predicted octanol–water partition coefficient (Wildman–Crippen LogP) is -2.14. The van der Waals surface area contributed by atoms with Gasteiger partial charge in [-0.05, 0) is 0 Å². The van der Waals surface area contributed by atoms with E-state index in [0.717, 1.165) is 0 Å². The van der Waals surface area contributed by atoms with E-state index in [2.05, 4.69) is 5.32 Å². The molecule has 0 fully saturated rings. The van der Waals surface area contributed by atoms with Crippen molar-refractivity contribution in [2.75, 3.05) is 13.1 Å². The van der Waals surface area contributed by atoms with Crippen molar-refractivity contribution in [3.05, 3.63) is 0 Å². The first kappa shape index (κ1) is 10.9. The molecule has 0 rings (SSSR count). The molecule has 0 spiro atoms. The van der Waals surface area contributed by atoms with Crippen molar-refractivity contribution in [3.63, 3.8) is 0 Å². The van der Waals surface area contributed by atoms with Gasteiger partial charge in [0.25, 0.3) is 0 Å². The zero-order valence-electron chi connectivity index (χ0n) is 6.62. The predicted molar refractivity (Wildman–Crippen MR) is 42.3 cm³/mol. The Morgan fingerprint density at radius 1 is 1.50 bits per heavy atom. The maximum atomic E-state index is 10.7. The van der Waals surface area contributed by atoms with Crippen LogP contribution >= 0.6 is 0 Å². The number of carbonyl (C=O) groups excluding carboxylic acids is 1. The molecule has 0 aliphatic heterocycles. The van der Waals surface area contributed by atoms with Gasteiger partial charge in [-0.15, -0.1) is 0 Å². The van der Waals surface area contributed by atoms with Crippen molar-refractivity contribution in [2.24, 2.45) is 11.5 Å². The third-order valence-corrected chi connectivity index (χ3v) is 1.21. The lowest BCUT2D eigenvalue weighted by Crippen LogP contribution is -2.42. The van der Waals surface area contributed by atoms with Gasteiger partial charge in [0.05, 0.1) is 0 Å². The number of hydrogen-bond donors (Lipinski definition) is 4. The number of amides is 1. The number of carboxylic acids is 1. The molecule has 0 aromatic carbocycles. The van der Waals surface area contributed by atoms with Crippen LogP contribution in [0, 0.1) is 0 Å². The molecule has 0 saturated carbocycles. The maximum Gasteiger partial charge on any atom is 0.322 e. The van der Waals surface area contributed by atoms with Crippen LogP contribution in [0.5, 0.6) is 0 Å². The highest BCUT2D eigenvalue weighted by Crippen LogP contribution is 1.78. The van der Waals surface area contributed by atoms with Crippen molar-refractivity contribution in [2.45, 2.75) is 12.5 Å². The molecule has 0 aliphatic rings. The second-order valence-corrected chi connectivity index (χ2v) is 2.29. The quantitative estimate of drug-likeness (QED) is 0.380. The Bertz CT molecular complexity index is 171. The second kappa shape index (κ2) is 5.50. The van der Waals surface area contributed by atoms with Crippen LogP contribution in [0.1, 0.15) is 6.42 Å². The summed E-state index contributed by atoms with van der Waals surface area (Å²) in [5, 5.41) is 10.7. The van der Waals surface area contributed by atoms with Gasteiger partial charge in [0, 0.05) is 19.5 Å². The Hall–Kier alpha value is -1.14. The summed E-state index contributed by atoms with van der Waals surface area (Å²) < 4.78 is 0. The fourth-order valence-electron chi connectivity index (χ4n) is 0.531. The highest BCUT2D eigenvalue weighted by molar-refractivity contribution is 5.78. The first-order chi connectivity index (χ1) is 5.57. The maximum absolute atomic E-state index is 10.7. The third-order valence-electron chi connectivity index (χ3n) is 1.21. The van der Waals surface area contributed by atoms with Gasteiger partial charge in [-0.1, -0.05) is 0 Å². The minimum absolute atomic E-state index is 0.0613. The molecule has 0 bridgehead atoms. The fourth-order valence-corrected chi connectivity index (χ4v) is 0.531. The van der Waals surface area contributed by atoms with Gasteiger partial charge in [0.2, 0.25) is 5.91 Å². The van der Waals surface area contributed by atoms with E-state index in [0.29, 0.717) is 0 Å². The SMILES string of the molecule is NCCC(=O)NCC(N)C(=O)O. The lowest BCUT2D eigenvalue weighted by atomic mass is 10.3. The number of nitrogens with one attached hydrogen (secondary N) is 1. The number of hydrogen-bond acceptors (Lipinski definition) is 4. The fraction of sp³-hybridized carbons (Fsp3) is 0.667. The van der Waals surface area contributed by atoms with Crippen LogP contribution in [0.3, 0.4) is 0 Å². The number of aliphatic carboxylic acids is 1. The monoisotopic (exact) mass is 175 g/mol. The average molecular weight is 175 g/mol. The molecule has 6 N–H and O–H groups in total. The smallest absolute Gasteiger partial charge is 0.322 e. The van der Waals surface area contributed by atoms with Gasteiger partial charge in [-0.3, -0.25) is 9.59 Å². The molecule has 6 nitrogen and oxygen atoms in total. The lowest BCUT2D eigenvalue weighted by molar-refractivity contribution is -0.138. The summed E-state index contributed by atoms with van der Waals surface area (Å²) in [6.07, 6.45) is 0.187. The van der Waals surface area contributed by atoms with Crippen molar-refractivity contribution < 1.29 is 14.7 Å². The van der Waals surface area contributed by atoms with Crippen LogP contribution in [0.2, 0.25) is 0 Å². The highest BCUT2D eigenvalue weighted by atomic mass is 16.4. The molecule has 70 valence electrons. The van der Waals surface area contributed by atoms with Gasteiger partial charge < -0.3 is 21.9 Å². The van der Waals surface area contributed by atoms with Crippen LogP contribution in [-0.2, 0) is 9.59 Å². The number of carboxylic acid groups (broad SMARTS) is 1. The van der Waals surface area contributed by atoms with Gasteiger partial charge in [-0.25, -0.2) is 0 Å². The van der Waals surface area contributed by atoms with Gasteiger partial charge >= 0.3 is 5.97 Å². The van der Waals surface area contributed by atoms with E-state index in [9.17, 15) is 9.59 Å². The summed E-state index contributed by atoms with van der Waals surface area (Å²) >= 11 is 0. The Morgan fingerprint density at radius 2 is 2.08 bits per heavy atom. The first-order valence-electron chi connectivity index (χ1n) is 3.53. The normalized spacial score (nSPS) is 12.2. The van der Waals surface area contributed by atoms with E-state index in [-0.39, 0.29) is 25.4 Å². The summed E-state index contributed by atoms with van der Waals surface area (Å²) in [6, 6.07) is -1.05. The molecular weight excluding hydrogens is 162 g/mol. The van der Waals surface area contributed by atoms with E-state index in [1.807, 2.05) is 0 Å². The number of rotatable bonds is 5. The van der Waals surface area contributed by atoms with Gasteiger partial charge in [0.1, 0.15) is 6.04 Å². The van der Waals surface area contributed by atoms with Crippen molar-refractivity contribution in [1.29, 1.82) is 0 Å². The van der Waals surface area contributed by atoms with Crippen LogP contribution in [0.25, 0.3) is 0 Å². The van der Waals surface area contributed by atoms with E-state index < -0.39 is 12.0 Å². The van der Waals surface area contributed by atoms with Crippen molar-refractivity contribution in [3.8, 4) is 0 Å². The Balaban J connectivity index is 3.54. The Kier molecular flexibility index (Phi) is 4.98. The molecule has 0 aromatic heterocycles. The van der Waals surface area contributed by atoms with Crippen LogP contribution < -0.4 is 16.8 Å². The van der Waals surface area contributed by atoms with Gasteiger partial charge in [0.15, 0.2) is 0 Å². The molecule has 0 heterocycles. The summed E-state index contributed by atoms with van der Waals surface area (Å²) in [7, 11) is 0.